The summed E-state index contributed by atoms with van der Waals surface area (Å²) < 4.78 is 11.9. The van der Waals surface area contributed by atoms with E-state index in [4.69, 9.17) is 9.47 Å². The minimum atomic E-state index is -0.669. The molecule has 4 aromatic rings. The summed E-state index contributed by atoms with van der Waals surface area (Å²) in [6.07, 6.45) is -0.503. The first-order valence-electron chi connectivity index (χ1n) is 13.8. The van der Waals surface area contributed by atoms with Crippen LogP contribution in [0.3, 0.4) is 0 Å². The van der Waals surface area contributed by atoms with Gasteiger partial charge in [-0.2, -0.15) is 0 Å². The summed E-state index contributed by atoms with van der Waals surface area (Å²) in [7, 11) is 0. The number of amides is 2. The zero-order chi connectivity index (χ0) is 28.8. The zero-order valence-electron chi connectivity index (χ0n) is 22.4. The molecule has 1 heterocycles. The zero-order valence-corrected chi connectivity index (χ0v) is 22.4. The Morgan fingerprint density at radius 3 is 1.38 bits per heavy atom. The van der Waals surface area contributed by atoms with Crippen molar-refractivity contribution in [1.29, 1.82) is 0 Å². The molecule has 4 bridgehead atoms. The fraction of sp³-hybridized carbons (Fsp3) is 0.176. The maximum Gasteiger partial charge on any atom is 0.338 e. The highest BCUT2D eigenvalue weighted by molar-refractivity contribution is 6.00. The van der Waals surface area contributed by atoms with Crippen LogP contribution in [0.5, 0.6) is 0 Å². The van der Waals surface area contributed by atoms with Crippen molar-refractivity contribution in [3.8, 4) is 0 Å². The monoisotopic (exact) mass is 558 g/mol. The first-order valence-corrected chi connectivity index (χ1v) is 13.8. The van der Waals surface area contributed by atoms with E-state index in [1.54, 1.807) is 36.4 Å². The third-order valence-electron chi connectivity index (χ3n) is 8.18. The number of hydrogen-bond donors (Lipinski definition) is 2. The molecule has 0 saturated heterocycles. The van der Waals surface area contributed by atoms with Gasteiger partial charge in [-0.05, 0) is 58.7 Å². The lowest BCUT2D eigenvalue weighted by atomic mass is 10.0. The molecule has 0 unspecified atom stereocenters. The molecular formula is C34H26N2O6. The average Bonchev–Trinajstić information content (AvgIpc) is 3.53. The minimum Gasteiger partial charge on any atom is -0.456 e. The van der Waals surface area contributed by atoms with Crippen LogP contribution >= 0.6 is 0 Å². The molecule has 4 aromatic carbocycles. The van der Waals surface area contributed by atoms with E-state index >= 15 is 0 Å². The molecule has 0 spiro atoms. The van der Waals surface area contributed by atoms with E-state index in [1.807, 2.05) is 48.5 Å². The van der Waals surface area contributed by atoms with E-state index in [9.17, 15) is 19.2 Å². The van der Waals surface area contributed by atoms with Gasteiger partial charge in [0.1, 0.15) is 12.2 Å². The average molecular weight is 559 g/mol. The van der Waals surface area contributed by atoms with Crippen LogP contribution in [0.25, 0.3) is 0 Å². The summed E-state index contributed by atoms with van der Waals surface area (Å²) >= 11 is 0. The summed E-state index contributed by atoms with van der Waals surface area (Å²) in [5.74, 6) is -2.01. The SMILES string of the molecule is O=C1N[C@@H]2c3ccccc3C[C@@H]2OC(=O)c2cccc(c2)C(=O)O[C@H]2Cc3ccccc3[C@H]2NC(=O)c2cccc1c2. The van der Waals surface area contributed by atoms with Crippen molar-refractivity contribution in [1.82, 2.24) is 10.6 Å². The van der Waals surface area contributed by atoms with E-state index in [1.165, 1.54) is 12.1 Å². The Morgan fingerprint density at radius 2 is 0.905 bits per heavy atom. The number of carbonyl (C=O) groups excluding carboxylic acids is 4. The Morgan fingerprint density at radius 1 is 0.500 bits per heavy atom. The smallest absolute Gasteiger partial charge is 0.338 e. The second kappa shape index (κ2) is 10.3. The number of nitrogens with one attached hydrogen (secondary N) is 2. The van der Waals surface area contributed by atoms with Gasteiger partial charge in [0.25, 0.3) is 11.8 Å². The largest absolute Gasteiger partial charge is 0.456 e. The van der Waals surface area contributed by atoms with Crippen LogP contribution in [0.15, 0.2) is 97.1 Å². The van der Waals surface area contributed by atoms with Gasteiger partial charge in [0.05, 0.1) is 23.2 Å². The van der Waals surface area contributed by atoms with Gasteiger partial charge >= 0.3 is 11.9 Å². The molecule has 0 radical (unpaired) electrons. The summed E-state index contributed by atoms with van der Waals surface area (Å²) in [6, 6.07) is 26.7. The Balaban J connectivity index is 1.29. The molecular weight excluding hydrogens is 532 g/mol. The Labute approximate surface area is 241 Å². The summed E-state index contributed by atoms with van der Waals surface area (Å²) in [6.45, 7) is 0. The van der Waals surface area contributed by atoms with Crippen LogP contribution < -0.4 is 10.6 Å². The molecule has 2 amide bonds. The third kappa shape index (κ3) is 4.60. The molecule has 1 aliphatic heterocycles. The fourth-order valence-corrected chi connectivity index (χ4v) is 6.11. The van der Waals surface area contributed by atoms with Gasteiger partial charge in [0.2, 0.25) is 0 Å². The summed E-state index contributed by atoms with van der Waals surface area (Å²) in [5.41, 5.74) is 4.61. The van der Waals surface area contributed by atoms with Gasteiger partial charge in [-0.15, -0.1) is 0 Å². The maximum absolute atomic E-state index is 13.5. The molecule has 4 atom stereocenters. The summed E-state index contributed by atoms with van der Waals surface area (Å²) in [5, 5.41) is 6.05. The minimum absolute atomic E-state index is 0.193. The highest BCUT2D eigenvalue weighted by Crippen LogP contribution is 2.36. The molecule has 2 N–H and O–H groups in total. The second-order valence-electron chi connectivity index (χ2n) is 10.8. The van der Waals surface area contributed by atoms with Gasteiger partial charge in [0, 0.05) is 24.0 Å². The normalized spacial score (nSPS) is 23.0. The lowest BCUT2D eigenvalue weighted by molar-refractivity contribution is 0.0225. The molecule has 0 aromatic heterocycles. The Bertz CT molecular complexity index is 1640. The Kier molecular flexibility index (Phi) is 6.31. The van der Waals surface area contributed by atoms with Gasteiger partial charge in [-0.25, -0.2) is 9.59 Å². The number of rotatable bonds is 0. The lowest BCUT2D eigenvalue weighted by Crippen LogP contribution is -2.37. The van der Waals surface area contributed by atoms with Gasteiger partial charge < -0.3 is 20.1 Å². The lowest BCUT2D eigenvalue weighted by Gasteiger charge is -2.24. The molecule has 7 rings (SSSR count). The predicted octanol–water partition coefficient (Wildman–Crippen LogP) is 4.51. The van der Waals surface area contributed by atoms with E-state index in [2.05, 4.69) is 10.6 Å². The number of hydrogen-bond acceptors (Lipinski definition) is 6. The highest BCUT2D eigenvalue weighted by atomic mass is 16.5. The van der Waals surface area contributed by atoms with Crippen LogP contribution in [0, 0.1) is 0 Å². The first kappa shape index (κ1) is 25.7. The van der Waals surface area contributed by atoms with E-state index in [0.29, 0.717) is 24.0 Å². The first-order chi connectivity index (χ1) is 20.4. The van der Waals surface area contributed by atoms with Crippen LogP contribution in [0.4, 0.5) is 0 Å². The topological polar surface area (TPSA) is 111 Å². The number of fused-ring (bicyclic) bond motifs is 10. The predicted molar refractivity (Wildman–Crippen MR) is 152 cm³/mol. The third-order valence-corrected chi connectivity index (χ3v) is 8.18. The molecule has 3 aliphatic rings. The van der Waals surface area contributed by atoms with E-state index in [-0.39, 0.29) is 11.1 Å². The molecule has 2 aliphatic carbocycles. The number of carbonyl (C=O) groups is 4. The van der Waals surface area contributed by atoms with Crippen molar-refractivity contribution in [2.75, 3.05) is 0 Å². The van der Waals surface area contributed by atoms with E-state index < -0.39 is 48.0 Å². The summed E-state index contributed by atoms with van der Waals surface area (Å²) in [4.78, 5) is 53.6. The molecule has 8 heteroatoms. The van der Waals surface area contributed by atoms with Gasteiger partial charge in [0.15, 0.2) is 0 Å². The number of ether oxygens (including phenoxy) is 2. The van der Waals surface area contributed by atoms with Gasteiger partial charge in [-0.1, -0.05) is 60.7 Å². The van der Waals surface area contributed by atoms with Crippen molar-refractivity contribution in [3.05, 3.63) is 142 Å². The van der Waals surface area contributed by atoms with Crippen LogP contribution in [-0.2, 0) is 22.3 Å². The van der Waals surface area contributed by atoms with E-state index in [0.717, 1.165) is 22.3 Å². The number of benzene rings is 4. The van der Waals surface area contributed by atoms with Crippen molar-refractivity contribution in [3.63, 3.8) is 0 Å². The van der Waals surface area contributed by atoms with Crippen molar-refractivity contribution in [2.45, 2.75) is 37.1 Å². The van der Waals surface area contributed by atoms with Crippen LogP contribution in [0.2, 0.25) is 0 Å². The standard InChI is InChI=1S/C34H26N2O6/c37-31-21-9-5-10-22(15-21)32(38)36-30-26-14-4-2-8-20(26)18-28(30)42-34(40)24-12-6-11-23(16-24)33(39)41-27-17-19-7-1-3-13-25(19)29(27)35-31/h1-16,27-30H,17-18H2,(H,35,37)(H,36,38)/t27-,28-,29+,30+/m0/s1. The molecule has 42 heavy (non-hydrogen) atoms. The maximum atomic E-state index is 13.5. The van der Waals surface area contributed by atoms with Crippen LogP contribution in [0.1, 0.15) is 75.8 Å². The van der Waals surface area contributed by atoms with Crippen molar-refractivity contribution >= 4 is 23.8 Å². The van der Waals surface area contributed by atoms with Crippen LogP contribution in [-0.4, -0.2) is 36.0 Å². The second-order valence-corrected chi connectivity index (χ2v) is 10.8. The highest BCUT2D eigenvalue weighted by Gasteiger charge is 2.38. The molecule has 0 fully saturated rings. The molecule has 0 saturated carbocycles. The fourth-order valence-electron chi connectivity index (χ4n) is 6.11. The van der Waals surface area contributed by atoms with Crippen molar-refractivity contribution in [2.24, 2.45) is 0 Å². The molecule has 8 nitrogen and oxygen atoms in total. The Hall–Kier alpha value is -5.24. The molecule has 208 valence electrons. The number of esters is 2. The van der Waals surface area contributed by atoms with Crippen molar-refractivity contribution < 1.29 is 28.7 Å². The quantitative estimate of drug-likeness (QED) is 0.308. The van der Waals surface area contributed by atoms with Gasteiger partial charge in [-0.3, -0.25) is 9.59 Å².